The lowest BCUT2D eigenvalue weighted by molar-refractivity contribution is 0.0941. The van der Waals surface area contributed by atoms with Gasteiger partial charge >= 0.3 is 0 Å². The second-order valence-electron chi connectivity index (χ2n) is 5.72. The van der Waals surface area contributed by atoms with Crippen LogP contribution in [0, 0.1) is 0 Å². The molecule has 5 nitrogen and oxygen atoms in total. The summed E-state index contributed by atoms with van der Waals surface area (Å²) in [6.45, 7) is 1.53. The highest BCUT2D eigenvalue weighted by Crippen LogP contribution is 2.33. The fourth-order valence-corrected chi connectivity index (χ4v) is 3.05. The quantitative estimate of drug-likeness (QED) is 0.608. The molecule has 0 aliphatic rings. The maximum absolute atomic E-state index is 11.6. The number of carbonyl (C=O) groups is 1. The van der Waals surface area contributed by atoms with E-state index in [0.29, 0.717) is 5.75 Å². The number of hydrogen-bond donors (Lipinski definition) is 1. The summed E-state index contributed by atoms with van der Waals surface area (Å²) in [6, 6.07) is 13.2. The van der Waals surface area contributed by atoms with Crippen LogP contribution in [0.25, 0.3) is 27.4 Å². The molecule has 4 rings (SSSR count). The van der Waals surface area contributed by atoms with E-state index in [1.54, 1.807) is 22.4 Å². The molecular formula is C19H16N2O3. The van der Waals surface area contributed by atoms with E-state index < -0.39 is 0 Å². The van der Waals surface area contributed by atoms with Crippen LogP contribution in [0.4, 0.5) is 0 Å². The molecule has 0 unspecified atom stereocenters. The topological polar surface area (TPSA) is 56.4 Å². The van der Waals surface area contributed by atoms with Crippen molar-refractivity contribution in [2.75, 3.05) is 7.11 Å². The Labute approximate surface area is 138 Å². The van der Waals surface area contributed by atoms with Gasteiger partial charge in [-0.25, -0.2) is 0 Å². The third-order valence-corrected chi connectivity index (χ3v) is 4.29. The van der Waals surface area contributed by atoms with Gasteiger partial charge in [-0.05, 0) is 42.5 Å². The molecule has 2 aromatic carbocycles. The van der Waals surface area contributed by atoms with Crippen LogP contribution in [-0.2, 0) is 0 Å². The highest BCUT2D eigenvalue weighted by atomic mass is 16.5. The van der Waals surface area contributed by atoms with Crippen LogP contribution in [0.3, 0.4) is 0 Å². The molecule has 0 bridgehead atoms. The molecule has 0 aliphatic carbocycles. The summed E-state index contributed by atoms with van der Waals surface area (Å²) >= 11 is 0. The molecule has 4 aromatic rings. The van der Waals surface area contributed by atoms with Gasteiger partial charge in [0.2, 0.25) is 11.8 Å². The minimum absolute atomic E-state index is 0.0283. The standard InChI is InChI=1S/C19H16N2O3/c1-12(22)20-8-7-13-9-15(4-6-18(13)20)21-11-14-3-5-16(24-2)10-17(14)19(21)23/h3-11,23H,1-2H3. The van der Waals surface area contributed by atoms with Crippen molar-refractivity contribution in [2.45, 2.75) is 6.92 Å². The molecule has 0 amide bonds. The van der Waals surface area contributed by atoms with E-state index in [1.807, 2.05) is 48.7 Å². The predicted octanol–water partition coefficient (Wildman–Crippen LogP) is 3.96. The van der Waals surface area contributed by atoms with Crippen LogP contribution in [-0.4, -0.2) is 27.3 Å². The molecule has 0 saturated carbocycles. The van der Waals surface area contributed by atoms with E-state index in [9.17, 15) is 9.90 Å². The first-order valence-corrected chi connectivity index (χ1v) is 7.59. The number of hydrogen-bond acceptors (Lipinski definition) is 3. The Morgan fingerprint density at radius 2 is 1.92 bits per heavy atom. The van der Waals surface area contributed by atoms with Gasteiger partial charge in [-0.3, -0.25) is 13.9 Å². The van der Waals surface area contributed by atoms with Gasteiger partial charge in [0.05, 0.1) is 12.6 Å². The molecule has 0 atom stereocenters. The first kappa shape index (κ1) is 14.4. The number of benzene rings is 2. The summed E-state index contributed by atoms with van der Waals surface area (Å²) in [5.41, 5.74) is 1.68. The predicted molar refractivity (Wildman–Crippen MR) is 93.3 cm³/mol. The number of nitrogens with zero attached hydrogens (tertiary/aromatic N) is 2. The normalized spacial score (nSPS) is 11.2. The van der Waals surface area contributed by atoms with Gasteiger partial charge in [0.1, 0.15) is 5.75 Å². The van der Waals surface area contributed by atoms with Crippen LogP contribution >= 0.6 is 0 Å². The third-order valence-electron chi connectivity index (χ3n) is 4.29. The largest absolute Gasteiger partial charge is 0.497 e. The fraction of sp³-hybridized carbons (Fsp3) is 0.105. The highest BCUT2D eigenvalue weighted by molar-refractivity contribution is 5.93. The Morgan fingerprint density at radius 1 is 1.08 bits per heavy atom. The number of rotatable bonds is 2. The van der Waals surface area contributed by atoms with Crippen molar-refractivity contribution in [2.24, 2.45) is 0 Å². The molecule has 0 saturated heterocycles. The molecule has 24 heavy (non-hydrogen) atoms. The van der Waals surface area contributed by atoms with Crippen molar-refractivity contribution in [3.63, 3.8) is 0 Å². The summed E-state index contributed by atoms with van der Waals surface area (Å²) in [6.07, 6.45) is 3.64. The molecule has 1 N–H and O–H groups in total. The van der Waals surface area contributed by atoms with Gasteiger partial charge in [0.15, 0.2) is 0 Å². The maximum Gasteiger partial charge on any atom is 0.227 e. The Balaban J connectivity index is 1.89. The van der Waals surface area contributed by atoms with E-state index >= 15 is 0 Å². The second kappa shape index (κ2) is 5.16. The van der Waals surface area contributed by atoms with Crippen LogP contribution in [0.5, 0.6) is 11.6 Å². The Morgan fingerprint density at radius 3 is 2.67 bits per heavy atom. The second-order valence-corrected chi connectivity index (χ2v) is 5.72. The molecule has 0 aliphatic heterocycles. The van der Waals surface area contributed by atoms with E-state index in [0.717, 1.165) is 27.4 Å². The smallest absolute Gasteiger partial charge is 0.227 e. The summed E-state index contributed by atoms with van der Waals surface area (Å²) in [5.74, 6) is 0.832. The summed E-state index contributed by atoms with van der Waals surface area (Å²) in [4.78, 5) is 11.6. The zero-order valence-corrected chi connectivity index (χ0v) is 13.4. The maximum atomic E-state index is 11.6. The monoisotopic (exact) mass is 320 g/mol. The Bertz CT molecular complexity index is 1090. The zero-order valence-electron chi connectivity index (χ0n) is 13.4. The fourth-order valence-electron chi connectivity index (χ4n) is 3.05. The van der Waals surface area contributed by atoms with E-state index in [1.165, 1.54) is 6.92 Å². The molecule has 120 valence electrons. The summed E-state index contributed by atoms with van der Waals surface area (Å²) < 4.78 is 8.56. The van der Waals surface area contributed by atoms with E-state index in [-0.39, 0.29) is 11.8 Å². The molecular weight excluding hydrogens is 304 g/mol. The number of aromatic hydroxyl groups is 1. The lowest BCUT2D eigenvalue weighted by Gasteiger charge is -2.06. The van der Waals surface area contributed by atoms with E-state index in [4.69, 9.17) is 4.74 Å². The number of ether oxygens (including phenoxy) is 1. The lowest BCUT2D eigenvalue weighted by Crippen LogP contribution is -2.02. The van der Waals surface area contributed by atoms with E-state index in [2.05, 4.69) is 0 Å². The summed E-state index contributed by atoms with van der Waals surface area (Å²) in [7, 11) is 1.60. The lowest BCUT2D eigenvalue weighted by atomic mass is 10.2. The average Bonchev–Trinajstić information content (AvgIpc) is 3.15. The van der Waals surface area contributed by atoms with Crippen LogP contribution < -0.4 is 4.74 Å². The van der Waals surface area contributed by atoms with Gasteiger partial charge in [-0.2, -0.15) is 0 Å². The molecule has 5 heteroatoms. The minimum Gasteiger partial charge on any atom is -0.497 e. The number of carbonyl (C=O) groups excluding carboxylic acids is 1. The van der Waals surface area contributed by atoms with Crippen LogP contribution in [0.2, 0.25) is 0 Å². The first-order chi connectivity index (χ1) is 11.6. The number of fused-ring (bicyclic) bond motifs is 2. The van der Waals surface area contributed by atoms with Gasteiger partial charge in [-0.1, -0.05) is 0 Å². The van der Waals surface area contributed by atoms with Crippen molar-refractivity contribution in [1.29, 1.82) is 0 Å². The van der Waals surface area contributed by atoms with Crippen molar-refractivity contribution >= 4 is 27.6 Å². The SMILES string of the molecule is COc1ccc2cn(-c3ccc4c(ccn4C(C)=O)c3)c(O)c2c1. The summed E-state index contributed by atoms with van der Waals surface area (Å²) in [5, 5.41) is 13.2. The van der Waals surface area contributed by atoms with Crippen molar-refractivity contribution in [3.05, 3.63) is 54.9 Å². The van der Waals surface area contributed by atoms with Gasteiger partial charge in [0.25, 0.3) is 0 Å². The highest BCUT2D eigenvalue weighted by Gasteiger charge is 2.12. The minimum atomic E-state index is -0.0283. The average molecular weight is 320 g/mol. The van der Waals surface area contributed by atoms with Crippen molar-refractivity contribution in [1.82, 2.24) is 9.13 Å². The molecule has 2 heterocycles. The van der Waals surface area contributed by atoms with Gasteiger partial charge in [-0.15, -0.1) is 0 Å². The zero-order chi connectivity index (χ0) is 16.8. The molecule has 2 aromatic heterocycles. The van der Waals surface area contributed by atoms with Crippen LogP contribution in [0.15, 0.2) is 54.9 Å². The third kappa shape index (κ3) is 2.06. The molecule has 0 radical (unpaired) electrons. The molecule has 0 spiro atoms. The van der Waals surface area contributed by atoms with Gasteiger partial charge in [0, 0.05) is 41.2 Å². The van der Waals surface area contributed by atoms with Crippen molar-refractivity contribution < 1.29 is 14.6 Å². The number of aromatic nitrogens is 2. The Kier molecular flexibility index (Phi) is 3.09. The first-order valence-electron chi connectivity index (χ1n) is 7.59. The Hall–Kier alpha value is -3.21. The number of methoxy groups -OCH3 is 1. The molecule has 0 fully saturated rings. The van der Waals surface area contributed by atoms with Crippen LogP contribution in [0.1, 0.15) is 11.7 Å². The van der Waals surface area contributed by atoms with Gasteiger partial charge < -0.3 is 9.84 Å². The van der Waals surface area contributed by atoms with Crippen molar-refractivity contribution in [3.8, 4) is 17.3 Å².